The number of fused-ring (bicyclic) bond motifs is 1. The van der Waals surface area contributed by atoms with Gasteiger partial charge in [0.05, 0.1) is 23.8 Å². The van der Waals surface area contributed by atoms with Crippen LogP contribution in [0.1, 0.15) is 20.8 Å². The first-order chi connectivity index (χ1) is 11.0. The van der Waals surface area contributed by atoms with E-state index in [-0.39, 0.29) is 28.2 Å². The molecule has 0 aliphatic rings. The Hall–Kier alpha value is -3.22. The van der Waals surface area contributed by atoms with Crippen molar-refractivity contribution in [3.63, 3.8) is 0 Å². The molecule has 0 radical (unpaired) electrons. The second kappa shape index (κ2) is 5.53. The fraction of sp³-hybridized carbons (Fsp3) is 0.0625. The lowest BCUT2D eigenvalue weighted by Crippen LogP contribution is -2.03. The molecule has 23 heavy (non-hydrogen) atoms. The molecule has 2 heterocycles. The molecule has 1 aromatic carbocycles. The van der Waals surface area contributed by atoms with Crippen molar-refractivity contribution in [3.8, 4) is 11.4 Å². The van der Waals surface area contributed by atoms with Crippen molar-refractivity contribution >= 4 is 17.5 Å². The van der Waals surface area contributed by atoms with E-state index in [1.54, 1.807) is 6.07 Å². The van der Waals surface area contributed by atoms with Crippen molar-refractivity contribution in [1.29, 1.82) is 0 Å². The molecule has 7 heteroatoms. The molecule has 3 aromatic rings. The normalized spacial score (nSPS) is 10.7. The first-order valence-corrected chi connectivity index (χ1v) is 6.61. The van der Waals surface area contributed by atoms with E-state index in [0.29, 0.717) is 0 Å². The zero-order valence-electron chi connectivity index (χ0n) is 12.0. The number of esters is 1. The molecule has 2 aromatic heterocycles. The number of ether oxygens (including phenoxy) is 1. The number of hydrogen-bond acceptors (Lipinski definition) is 4. The van der Waals surface area contributed by atoms with Crippen LogP contribution in [0.15, 0.2) is 42.6 Å². The summed E-state index contributed by atoms with van der Waals surface area (Å²) in [7, 11) is 1.24. The van der Waals surface area contributed by atoms with E-state index in [9.17, 15) is 19.1 Å². The van der Waals surface area contributed by atoms with Crippen LogP contribution in [0.5, 0.6) is 0 Å². The van der Waals surface area contributed by atoms with Crippen LogP contribution >= 0.6 is 0 Å². The Morgan fingerprint density at radius 3 is 2.61 bits per heavy atom. The largest absolute Gasteiger partial charge is 0.476 e. The van der Waals surface area contributed by atoms with Gasteiger partial charge in [-0.3, -0.25) is 4.40 Å². The smallest absolute Gasteiger partial charge is 0.356 e. The molecule has 116 valence electrons. The highest BCUT2D eigenvalue weighted by molar-refractivity contribution is 5.96. The average molecular weight is 314 g/mol. The summed E-state index contributed by atoms with van der Waals surface area (Å²) in [5.74, 6) is -2.27. The number of aromatic nitrogens is 2. The second-order valence-corrected chi connectivity index (χ2v) is 4.73. The molecule has 0 amide bonds. The molecule has 1 N–H and O–H groups in total. The van der Waals surface area contributed by atoms with Crippen LogP contribution in [0.3, 0.4) is 0 Å². The summed E-state index contributed by atoms with van der Waals surface area (Å²) < 4.78 is 20.1. The van der Waals surface area contributed by atoms with E-state index >= 15 is 0 Å². The maximum atomic E-state index is 14.0. The maximum Gasteiger partial charge on any atom is 0.356 e. The lowest BCUT2D eigenvalue weighted by Gasteiger charge is -2.05. The Labute approximate surface area is 129 Å². The molecule has 0 saturated heterocycles. The van der Waals surface area contributed by atoms with Crippen molar-refractivity contribution in [2.45, 2.75) is 0 Å². The molecule has 0 spiro atoms. The highest BCUT2D eigenvalue weighted by Crippen LogP contribution is 2.25. The van der Waals surface area contributed by atoms with E-state index in [1.165, 1.54) is 48.0 Å². The highest BCUT2D eigenvalue weighted by Gasteiger charge is 2.20. The third-order valence-electron chi connectivity index (χ3n) is 3.38. The van der Waals surface area contributed by atoms with Crippen LogP contribution in [-0.4, -0.2) is 33.5 Å². The minimum Gasteiger partial charge on any atom is -0.476 e. The fourth-order valence-electron chi connectivity index (χ4n) is 2.31. The summed E-state index contributed by atoms with van der Waals surface area (Å²) in [5.41, 5.74) is 0.368. The number of hydrogen-bond donors (Lipinski definition) is 1. The van der Waals surface area contributed by atoms with Crippen LogP contribution in [-0.2, 0) is 4.74 Å². The number of imidazole rings is 1. The molecule has 0 atom stereocenters. The van der Waals surface area contributed by atoms with Crippen molar-refractivity contribution in [3.05, 3.63) is 59.7 Å². The number of nitrogens with zero attached hydrogens (tertiary/aromatic N) is 2. The van der Waals surface area contributed by atoms with Crippen molar-refractivity contribution in [1.82, 2.24) is 9.38 Å². The van der Waals surface area contributed by atoms with Crippen molar-refractivity contribution in [2.24, 2.45) is 0 Å². The van der Waals surface area contributed by atoms with Gasteiger partial charge in [0.25, 0.3) is 0 Å². The SMILES string of the molecule is COC(=O)c1ccc2c(C(=O)O)nc(-c3ccccc3F)n2c1. The second-order valence-electron chi connectivity index (χ2n) is 4.73. The van der Waals surface area contributed by atoms with E-state index in [2.05, 4.69) is 9.72 Å². The zero-order valence-corrected chi connectivity index (χ0v) is 12.0. The Bertz CT molecular complexity index is 933. The number of rotatable bonds is 3. The van der Waals surface area contributed by atoms with Crippen molar-refractivity contribution < 1.29 is 23.8 Å². The molecular formula is C16H11FN2O4. The molecule has 0 unspecified atom stereocenters. The minimum absolute atomic E-state index is 0.0984. The number of benzene rings is 1. The maximum absolute atomic E-state index is 14.0. The number of carboxylic acid groups (broad SMARTS) is 1. The van der Waals surface area contributed by atoms with Gasteiger partial charge in [-0.2, -0.15) is 0 Å². The molecule has 0 fully saturated rings. The Kier molecular flexibility index (Phi) is 3.53. The summed E-state index contributed by atoms with van der Waals surface area (Å²) in [5, 5.41) is 9.28. The first-order valence-electron chi connectivity index (χ1n) is 6.61. The first kappa shape index (κ1) is 14.7. The summed E-state index contributed by atoms with van der Waals surface area (Å²) in [4.78, 5) is 27.0. The van der Waals surface area contributed by atoms with Gasteiger partial charge in [-0.05, 0) is 24.3 Å². The Morgan fingerprint density at radius 1 is 1.22 bits per heavy atom. The van der Waals surface area contributed by atoms with Crippen LogP contribution in [0.2, 0.25) is 0 Å². The van der Waals surface area contributed by atoms with Gasteiger partial charge >= 0.3 is 11.9 Å². The van der Waals surface area contributed by atoms with Crippen LogP contribution in [0, 0.1) is 5.82 Å². The zero-order chi connectivity index (χ0) is 16.6. The fourth-order valence-corrected chi connectivity index (χ4v) is 2.31. The monoisotopic (exact) mass is 314 g/mol. The van der Waals surface area contributed by atoms with E-state index in [4.69, 9.17) is 0 Å². The molecule has 0 aliphatic heterocycles. The van der Waals surface area contributed by atoms with Gasteiger partial charge in [0.2, 0.25) is 0 Å². The predicted octanol–water partition coefficient (Wildman–Crippen LogP) is 2.63. The Morgan fingerprint density at radius 2 is 1.96 bits per heavy atom. The van der Waals surface area contributed by atoms with Crippen LogP contribution in [0.25, 0.3) is 16.9 Å². The van der Waals surface area contributed by atoms with Crippen LogP contribution < -0.4 is 0 Å². The van der Waals surface area contributed by atoms with E-state index in [1.807, 2.05) is 0 Å². The van der Waals surface area contributed by atoms with Gasteiger partial charge in [0.1, 0.15) is 11.6 Å². The number of carbonyl (C=O) groups is 2. The van der Waals surface area contributed by atoms with Gasteiger partial charge in [-0.1, -0.05) is 12.1 Å². The predicted molar refractivity (Wildman–Crippen MR) is 78.9 cm³/mol. The number of halogens is 1. The topological polar surface area (TPSA) is 80.9 Å². The summed E-state index contributed by atoms with van der Waals surface area (Å²) in [6, 6.07) is 8.74. The molecule has 0 aliphatic carbocycles. The number of pyridine rings is 1. The molecule has 3 rings (SSSR count). The summed E-state index contributed by atoms with van der Waals surface area (Å²) >= 11 is 0. The standard InChI is InChI=1S/C16H11FN2O4/c1-23-16(22)9-6-7-12-13(15(20)21)18-14(19(12)8-9)10-4-2-3-5-11(10)17/h2-8H,1H3,(H,20,21). The molecular weight excluding hydrogens is 303 g/mol. The number of methoxy groups -OCH3 is 1. The van der Waals surface area contributed by atoms with Crippen molar-refractivity contribution in [2.75, 3.05) is 7.11 Å². The Balaban J connectivity index is 2.34. The quantitative estimate of drug-likeness (QED) is 0.752. The lowest BCUT2D eigenvalue weighted by molar-refractivity contribution is 0.0599. The minimum atomic E-state index is -1.24. The van der Waals surface area contributed by atoms with E-state index in [0.717, 1.165) is 0 Å². The molecule has 0 bridgehead atoms. The van der Waals surface area contributed by atoms with Gasteiger partial charge in [0, 0.05) is 6.20 Å². The number of carboxylic acids is 1. The van der Waals surface area contributed by atoms with Gasteiger partial charge in [0.15, 0.2) is 5.69 Å². The summed E-state index contributed by atoms with van der Waals surface area (Å²) in [6.07, 6.45) is 1.38. The van der Waals surface area contributed by atoms with Gasteiger partial charge < -0.3 is 9.84 Å². The number of carbonyl (C=O) groups excluding carboxylic acids is 1. The van der Waals surface area contributed by atoms with Crippen LogP contribution in [0.4, 0.5) is 4.39 Å². The van der Waals surface area contributed by atoms with Gasteiger partial charge in [-0.25, -0.2) is 19.0 Å². The molecule has 6 nitrogen and oxygen atoms in total. The average Bonchev–Trinajstić information content (AvgIpc) is 2.93. The van der Waals surface area contributed by atoms with Gasteiger partial charge in [-0.15, -0.1) is 0 Å². The number of aromatic carboxylic acids is 1. The highest BCUT2D eigenvalue weighted by atomic mass is 19.1. The third-order valence-corrected chi connectivity index (χ3v) is 3.38. The van der Waals surface area contributed by atoms with E-state index < -0.39 is 17.8 Å². The third kappa shape index (κ3) is 2.42. The lowest BCUT2D eigenvalue weighted by atomic mass is 10.2. The molecule has 0 saturated carbocycles. The summed E-state index contributed by atoms with van der Waals surface area (Å²) in [6.45, 7) is 0.